The first-order valence-electron chi connectivity index (χ1n) is 10.7. The average Bonchev–Trinajstić information content (AvgIpc) is 2.73. The Morgan fingerprint density at radius 3 is 2.55 bits per heavy atom. The SMILES string of the molecule is Cc1ccc(C)c(N2N=C(C(=O)N(C)C(Cc3ccccn3)C(C)(C)C)CCC2=O)c1. The highest BCUT2D eigenvalue weighted by Crippen LogP contribution is 2.29. The molecular weight excluding hydrogens is 388 g/mol. The molecule has 164 valence electrons. The zero-order chi connectivity index (χ0) is 22.8. The zero-order valence-electron chi connectivity index (χ0n) is 19.3. The van der Waals surface area contributed by atoms with E-state index in [1.54, 1.807) is 11.1 Å². The van der Waals surface area contributed by atoms with Crippen LogP contribution in [-0.4, -0.2) is 40.5 Å². The van der Waals surface area contributed by atoms with Gasteiger partial charge in [-0.1, -0.05) is 39.0 Å². The molecule has 1 unspecified atom stereocenters. The Morgan fingerprint density at radius 1 is 1.16 bits per heavy atom. The number of carbonyl (C=O) groups excluding carboxylic acids is 2. The first kappa shape index (κ1) is 22.7. The van der Waals surface area contributed by atoms with Crippen molar-refractivity contribution in [2.45, 2.75) is 59.9 Å². The third-order valence-corrected chi connectivity index (χ3v) is 5.79. The number of rotatable bonds is 5. The predicted molar refractivity (Wildman–Crippen MR) is 124 cm³/mol. The molecule has 0 saturated heterocycles. The largest absolute Gasteiger partial charge is 0.337 e. The lowest BCUT2D eigenvalue weighted by Gasteiger charge is -2.38. The van der Waals surface area contributed by atoms with Gasteiger partial charge in [0.05, 0.1) is 5.69 Å². The number of benzene rings is 1. The molecule has 2 amide bonds. The lowest BCUT2D eigenvalue weighted by atomic mass is 9.82. The number of hydrogen-bond donors (Lipinski definition) is 0. The van der Waals surface area contributed by atoms with Crippen molar-refractivity contribution in [3.05, 3.63) is 59.4 Å². The maximum absolute atomic E-state index is 13.4. The number of hydrazone groups is 1. The molecule has 2 heterocycles. The van der Waals surface area contributed by atoms with Gasteiger partial charge in [0.15, 0.2) is 0 Å². The Kier molecular flexibility index (Phi) is 6.58. The van der Waals surface area contributed by atoms with Crippen LogP contribution >= 0.6 is 0 Å². The molecule has 0 saturated carbocycles. The maximum atomic E-state index is 13.4. The van der Waals surface area contributed by atoms with E-state index in [0.29, 0.717) is 18.6 Å². The molecule has 1 aromatic carbocycles. The molecule has 0 N–H and O–H groups in total. The monoisotopic (exact) mass is 420 g/mol. The summed E-state index contributed by atoms with van der Waals surface area (Å²) in [5, 5.41) is 5.92. The van der Waals surface area contributed by atoms with E-state index in [2.05, 4.69) is 30.9 Å². The van der Waals surface area contributed by atoms with E-state index >= 15 is 0 Å². The number of aromatic nitrogens is 1. The van der Waals surface area contributed by atoms with E-state index < -0.39 is 0 Å². The predicted octanol–water partition coefficient (Wildman–Crippen LogP) is 4.30. The Labute approximate surface area is 185 Å². The van der Waals surface area contributed by atoms with E-state index in [-0.39, 0.29) is 29.7 Å². The minimum atomic E-state index is -0.153. The standard InChI is InChI=1S/C25H32N4O2/c1-17-10-11-18(2)21(15-17)29-23(30)13-12-20(27-29)24(31)28(6)22(25(3,4)5)16-19-9-7-8-14-26-19/h7-11,14-15,22H,12-13,16H2,1-6H3. The summed E-state index contributed by atoms with van der Waals surface area (Å²) >= 11 is 0. The smallest absolute Gasteiger partial charge is 0.270 e. The normalized spacial score (nSPS) is 15.5. The van der Waals surface area contributed by atoms with Crippen molar-refractivity contribution in [2.24, 2.45) is 10.5 Å². The van der Waals surface area contributed by atoms with Crippen molar-refractivity contribution in [3.63, 3.8) is 0 Å². The summed E-state index contributed by atoms with van der Waals surface area (Å²) in [5.74, 6) is -0.229. The Hall–Kier alpha value is -3.02. The summed E-state index contributed by atoms with van der Waals surface area (Å²) in [6.07, 6.45) is 3.05. The quantitative estimate of drug-likeness (QED) is 0.724. The van der Waals surface area contributed by atoms with Gasteiger partial charge in [-0.05, 0) is 48.6 Å². The van der Waals surface area contributed by atoms with E-state index in [1.807, 2.05) is 57.3 Å². The lowest BCUT2D eigenvalue weighted by Crippen LogP contribution is -2.50. The van der Waals surface area contributed by atoms with Gasteiger partial charge in [-0.15, -0.1) is 0 Å². The van der Waals surface area contributed by atoms with Gasteiger partial charge in [-0.3, -0.25) is 14.6 Å². The second-order valence-electron chi connectivity index (χ2n) is 9.37. The third kappa shape index (κ3) is 5.19. The van der Waals surface area contributed by atoms with Crippen LogP contribution in [0, 0.1) is 19.3 Å². The fourth-order valence-electron chi connectivity index (χ4n) is 3.93. The van der Waals surface area contributed by atoms with Gasteiger partial charge in [0.1, 0.15) is 5.71 Å². The van der Waals surface area contributed by atoms with Gasteiger partial charge in [-0.2, -0.15) is 5.10 Å². The number of hydrogen-bond acceptors (Lipinski definition) is 4. The molecule has 3 rings (SSSR count). The molecule has 0 spiro atoms. The molecular formula is C25H32N4O2. The van der Waals surface area contributed by atoms with Gasteiger partial charge in [-0.25, -0.2) is 5.01 Å². The summed E-state index contributed by atoms with van der Waals surface area (Å²) in [6, 6.07) is 11.7. The van der Waals surface area contributed by atoms with Crippen LogP contribution in [0.3, 0.4) is 0 Å². The third-order valence-electron chi connectivity index (χ3n) is 5.79. The number of carbonyl (C=O) groups is 2. The Balaban J connectivity index is 1.90. The van der Waals surface area contributed by atoms with E-state index in [9.17, 15) is 9.59 Å². The summed E-state index contributed by atoms with van der Waals surface area (Å²) in [6.45, 7) is 10.3. The van der Waals surface area contributed by atoms with Crippen LogP contribution in [0.5, 0.6) is 0 Å². The summed E-state index contributed by atoms with van der Waals surface area (Å²) in [7, 11) is 1.82. The number of likely N-dealkylation sites (N-methyl/N-ethyl adjacent to an activating group) is 1. The molecule has 6 nitrogen and oxygen atoms in total. The van der Waals surface area contributed by atoms with Crippen molar-refractivity contribution >= 4 is 23.2 Å². The average molecular weight is 421 g/mol. The number of nitrogens with zero attached hydrogens (tertiary/aromatic N) is 4. The minimum absolute atomic E-state index is 0.0654. The van der Waals surface area contributed by atoms with Crippen molar-refractivity contribution < 1.29 is 9.59 Å². The van der Waals surface area contributed by atoms with Crippen LogP contribution in [0.4, 0.5) is 5.69 Å². The number of aryl methyl sites for hydroxylation is 2. The Bertz CT molecular complexity index is 992. The molecule has 0 radical (unpaired) electrons. The summed E-state index contributed by atoms with van der Waals surface area (Å²) in [4.78, 5) is 32.3. The van der Waals surface area contributed by atoms with Crippen LogP contribution in [0.25, 0.3) is 0 Å². The zero-order valence-corrected chi connectivity index (χ0v) is 19.3. The molecule has 1 atom stereocenters. The second kappa shape index (κ2) is 9.00. The van der Waals surface area contributed by atoms with E-state index in [0.717, 1.165) is 22.5 Å². The first-order chi connectivity index (χ1) is 14.6. The summed E-state index contributed by atoms with van der Waals surface area (Å²) in [5.41, 5.74) is 3.94. The number of amides is 2. The van der Waals surface area contributed by atoms with Crippen LogP contribution in [0.2, 0.25) is 0 Å². The fraction of sp³-hybridized carbons (Fsp3) is 0.440. The molecule has 6 heteroatoms. The highest BCUT2D eigenvalue weighted by molar-refractivity contribution is 6.40. The summed E-state index contributed by atoms with van der Waals surface area (Å²) < 4.78 is 0. The molecule has 0 fully saturated rings. The molecule has 0 aliphatic carbocycles. The minimum Gasteiger partial charge on any atom is -0.337 e. The highest BCUT2D eigenvalue weighted by atomic mass is 16.2. The Morgan fingerprint density at radius 2 is 1.90 bits per heavy atom. The van der Waals surface area contributed by atoms with Gasteiger partial charge in [0.2, 0.25) is 5.91 Å². The fourth-order valence-corrected chi connectivity index (χ4v) is 3.93. The van der Waals surface area contributed by atoms with Crippen molar-refractivity contribution in [2.75, 3.05) is 12.1 Å². The maximum Gasteiger partial charge on any atom is 0.270 e. The second-order valence-corrected chi connectivity index (χ2v) is 9.37. The number of anilines is 1. The molecule has 1 aliphatic rings. The van der Waals surface area contributed by atoms with Gasteiger partial charge < -0.3 is 4.90 Å². The molecule has 0 bridgehead atoms. The van der Waals surface area contributed by atoms with Crippen molar-refractivity contribution in [1.29, 1.82) is 0 Å². The van der Waals surface area contributed by atoms with Crippen LogP contribution in [-0.2, 0) is 16.0 Å². The van der Waals surface area contributed by atoms with Crippen molar-refractivity contribution in [1.82, 2.24) is 9.88 Å². The highest BCUT2D eigenvalue weighted by Gasteiger charge is 2.35. The van der Waals surface area contributed by atoms with Crippen LogP contribution in [0.1, 0.15) is 50.4 Å². The molecule has 2 aromatic rings. The molecule has 1 aliphatic heterocycles. The van der Waals surface area contributed by atoms with Crippen molar-refractivity contribution in [3.8, 4) is 0 Å². The lowest BCUT2D eigenvalue weighted by molar-refractivity contribution is -0.127. The van der Waals surface area contributed by atoms with E-state index in [4.69, 9.17) is 0 Å². The van der Waals surface area contributed by atoms with E-state index in [1.165, 1.54) is 5.01 Å². The van der Waals surface area contributed by atoms with Gasteiger partial charge in [0, 0.05) is 44.2 Å². The topological polar surface area (TPSA) is 65.9 Å². The molecule has 1 aromatic heterocycles. The van der Waals surface area contributed by atoms with Crippen LogP contribution in [0.15, 0.2) is 47.7 Å². The number of pyridine rings is 1. The van der Waals surface area contributed by atoms with Crippen LogP contribution < -0.4 is 5.01 Å². The molecule has 31 heavy (non-hydrogen) atoms. The first-order valence-corrected chi connectivity index (χ1v) is 10.7. The van der Waals surface area contributed by atoms with Gasteiger partial charge >= 0.3 is 0 Å². The van der Waals surface area contributed by atoms with Gasteiger partial charge in [0.25, 0.3) is 5.91 Å².